The Kier molecular flexibility index (Phi) is 4.91. The Morgan fingerprint density at radius 3 is 2.67 bits per heavy atom. The van der Waals surface area contributed by atoms with Gasteiger partial charge in [-0.2, -0.15) is 0 Å². The molecule has 0 aliphatic rings. The third-order valence-corrected chi connectivity index (χ3v) is 5.34. The number of nitrogens with one attached hydrogen (secondary N) is 2. The second-order valence-corrected chi connectivity index (χ2v) is 7.39. The highest BCUT2D eigenvalue weighted by atomic mass is 79.9. The smallest absolute Gasteiger partial charge is 0.234 e. The fourth-order valence-electron chi connectivity index (χ4n) is 2.37. The molecule has 0 fully saturated rings. The average molecular weight is 405 g/mol. The quantitative estimate of drug-likeness (QED) is 0.633. The molecule has 3 rings (SSSR count). The van der Waals surface area contributed by atoms with E-state index in [0.29, 0.717) is 10.8 Å². The Labute approximate surface area is 152 Å². The highest BCUT2D eigenvalue weighted by Gasteiger charge is 2.11. The van der Waals surface area contributed by atoms with E-state index in [0.717, 1.165) is 32.5 Å². The molecule has 0 aliphatic carbocycles. The lowest BCUT2D eigenvalue weighted by molar-refractivity contribution is -0.113. The number of nitrogens with zero attached hydrogens (tertiary/aromatic N) is 2. The van der Waals surface area contributed by atoms with E-state index in [-0.39, 0.29) is 11.7 Å². The number of carbonyl (C=O) groups is 1. The van der Waals surface area contributed by atoms with Crippen LogP contribution in [0.3, 0.4) is 0 Å². The number of rotatable bonds is 4. The van der Waals surface area contributed by atoms with Crippen molar-refractivity contribution in [1.29, 1.82) is 0 Å². The number of fused-ring (bicyclic) bond motifs is 1. The zero-order valence-electron chi connectivity index (χ0n) is 13.6. The van der Waals surface area contributed by atoms with Gasteiger partial charge in [-0.15, -0.1) is 0 Å². The van der Waals surface area contributed by atoms with Crippen molar-refractivity contribution in [2.24, 2.45) is 0 Å². The molecule has 24 heavy (non-hydrogen) atoms. The van der Waals surface area contributed by atoms with Gasteiger partial charge in [-0.3, -0.25) is 4.79 Å². The molecule has 2 N–H and O–H groups in total. The van der Waals surface area contributed by atoms with Crippen LogP contribution in [0.15, 0.2) is 33.9 Å². The maximum Gasteiger partial charge on any atom is 0.234 e. The molecule has 124 valence electrons. The first-order valence-electron chi connectivity index (χ1n) is 7.46. The van der Waals surface area contributed by atoms with Crippen molar-refractivity contribution in [1.82, 2.24) is 15.0 Å². The fourth-order valence-corrected chi connectivity index (χ4v) is 3.36. The highest BCUT2D eigenvalue weighted by Crippen LogP contribution is 2.24. The molecule has 5 nitrogen and oxygen atoms in total. The number of benzene rings is 1. The standard InChI is InChI=1S/C17H17BrN4OS/c1-9-5-4-6-10(2)15(9)21-14(23)8-24-17-20-13-7-12(18)11(3)19-16(13)22-17/h4-7H,8H2,1-3H3,(H,21,23)(H,19,20,22). The number of para-hydroxylation sites is 1. The van der Waals surface area contributed by atoms with E-state index in [1.165, 1.54) is 11.8 Å². The second kappa shape index (κ2) is 6.94. The maximum absolute atomic E-state index is 12.2. The van der Waals surface area contributed by atoms with E-state index in [4.69, 9.17) is 0 Å². The van der Waals surface area contributed by atoms with Crippen LogP contribution in [0, 0.1) is 20.8 Å². The number of hydrogen-bond acceptors (Lipinski definition) is 4. The summed E-state index contributed by atoms with van der Waals surface area (Å²) in [4.78, 5) is 24.2. The lowest BCUT2D eigenvalue weighted by Gasteiger charge is -2.10. The normalized spacial score (nSPS) is 11.0. The van der Waals surface area contributed by atoms with Gasteiger partial charge in [-0.05, 0) is 53.9 Å². The van der Waals surface area contributed by atoms with Crippen LogP contribution in [-0.4, -0.2) is 26.6 Å². The molecule has 0 atom stereocenters. The number of thioether (sulfide) groups is 1. The van der Waals surface area contributed by atoms with Gasteiger partial charge in [0.25, 0.3) is 0 Å². The number of halogens is 1. The zero-order valence-corrected chi connectivity index (χ0v) is 16.0. The summed E-state index contributed by atoms with van der Waals surface area (Å²) in [6, 6.07) is 7.91. The van der Waals surface area contributed by atoms with Crippen molar-refractivity contribution < 1.29 is 4.79 Å². The minimum atomic E-state index is -0.0526. The Morgan fingerprint density at radius 1 is 1.25 bits per heavy atom. The summed E-state index contributed by atoms with van der Waals surface area (Å²) in [5.41, 5.74) is 5.40. The molecule has 0 saturated carbocycles. The molecular formula is C17H17BrN4OS. The van der Waals surface area contributed by atoms with Crippen molar-refractivity contribution in [3.8, 4) is 0 Å². The summed E-state index contributed by atoms with van der Waals surface area (Å²) in [6.45, 7) is 5.89. The number of amides is 1. The molecule has 2 heterocycles. The van der Waals surface area contributed by atoms with E-state index in [2.05, 4.69) is 36.2 Å². The van der Waals surface area contributed by atoms with Crippen molar-refractivity contribution in [3.05, 3.63) is 45.6 Å². The number of H-pyrrole nitrogens is 1. The van der Waals surface area contributed by atoms with Gasteiger partial charge in [-0.25, -0.2) is 9.97 Å². The van der Waals surface area contributed by atoms with Crippen LogP contribution in [0.25, 0.3) is 11.2 Å². The Hall–Kier alpha value is -1.86. The van der Waals surface area contributed by atoms with Crippen molar-refractivity contribution >= 4 is 50.5 Å². The molecule has 1 aromatic carbocycles. The third-order valence-electron chi connectivity index (χ3n) is 3.67. The van der Waals surface area contributed by atoms with Gasteiger partial charge in [0.1, 0.15) is 0 Å². The molecule has 0 unspecified atom stereocenters. The first kappa shape index (κ1) is 17.0. The molecule has 7 heteroatoms. The van der Waals surface area contributed by atoms with Crippen LogP contribution in [-0.2, 0) is 4.79 Å². The van der Waals surface area contributed by atoms with Gasteiger partial charge in [0, 0.05) is 10.2 Å². The lowest BCUT2D eigenvalue weighted by atomic mass is 10.1. The third kappa shape index (κ3) is 3.62. The van der Waals surface area contributed by atoms with Gasteiger partial charge >= 0.3 is 0 Å². The largest absolute Gasteiger partial charge is 0.331 e. The van der Waals surface area contributed by atoms with Crippen LogP contribution in [0.2, 0.25) is 0 Å². The Bertz CT molecular complexity index is 863. The summed E-state index contributed by atoms with van der Waals surface area (Å²) in [5.74, 6) is 0.233. The number of carbonyl (C=O) groups excluding carboxylic acids is 1. The minimum absolute atomic E-state index is 0.0526. The van der Waals surface area contributed by atoms with Crippen LogP contribution in [0.4, 0.5) is 5.69 Å². The second-order valence-electron chi connectivity index (χ2n) is 5.57. The SMILES string of the molecule is Cc1cccc(C)c1NC(=O)CSc1nc2nc(C)c(Br)cc2[nH]1. The highest BCUT2D eigenvalue weighted by molar-refractivity contribution is 9.10. The van der Waals surface area contributed by atoms with Crippen LogP contribution in [0.1, 0.15) is 16.8 Å². The van der Waals surface area contributed by atoms with Crippen molar-refractivity contribution in [2.45, 2.75) is 25.9 Å². The van der Waals surface area contributed by atoms with Gasteiger partial charge in [0.2, 0.25) is 5.91 Å². The average Bonchev–Trinajstić information content (AvgIpc) is 2.91. The summed E-state index contributed by atoms with van der Waals surface area (Å²) in [6.07, 6.45) is 0. The first-order valence-corrected chi connectivity index (χ1v) is 9.23. The van der Waals surface area contributed by atoms with Crippen molar-refractivity contribution in [2.75, 3.05) is 11.1 Å². The number of aromatic nitrogens is 3. The van der Waals surface area contributed by atoms with E-state index in [1.54, 1.807) is 0 Å². The Morgan fingerprint density at radius 2 is 1.96 bits per heavy atom. The first-order chi connectivity index (χ1) is 11.4. The zero-order chi connectivity index (χ0) is 17.3. The summed E-state index contributed by atoms with van der Waals surface area (Å²) in [7, 11) is 0. The monoisotopic (exact) mass is 404 g/mol. The van der Waals surface area contributed by atoms with Gasteiger partial charge in [0.15, 0.2) is 10.8 Å². The summed E-state index contributed by atoms with van der Waals surface area (Å²) < 4.78 is 0.933. The van der Waals surface area contributed by atoms with E-state index in [9.17, 15) is 4.79 Å². The fraction of sp³-hybridized carbons (Fsp3) is 0.235. The summed E-state index contributed by atoms with van der Waals surface area (Å²) in [5, 5.41) is 3.66. The van der Waals surface area contributed by atoms with E-state index >= 15 is 0 Å². The number of pyridine rings is 1. The van der Waals surface area contributed by atoms with Crippen LogP contribution < -0.4 is 5.32 Å². The number of imidazole rings is 1. The molecule has 3 aromatic rings. The molecular weight excluding hydrogens is 388 g/mol. The van der Waals surface area contributed by atoms with E-state index in [1.807, 2.05) is 45.0 Å². The number of aryl methyl sites for hydroxylation is 3. The maximum atomic E-state index is 12.2. The van der Waals surface area contributed by atoms with Crippen LogP contribution in [0.5, 0.6) is 0 Å². The predicted octanol–water partition coefficient (Wildman–Crippen LogP) is 4.38. The molecule has 0 spiro atoms. The summed E-state index contributed by atoms with van der Waals surface area (Å²) >= 11 is 4.82. The van der Waals surface area contributed by atoms with E-state index < -0.39 is 0 Å². The molecule has 0 radical (unpaired) electrons. The van der Waals surface area contributed by atoms with Crippen LogP contribution >= 0.6 is 27.7 Å². The number of hydrogen-bond donors (Lipinski definition) is 2. The van der Waals surface area contributed by atoms with Gasteiger partial charge < -0.3 is 10.3 Å². The number of anilines is 1. The number of aromatic amines is 1. The minimum Gasteiger partial charge on any atom is -0.331 e. The molecule has 0 saturated heterocycles. The topological polar surface area (TPSA) is 70.7 Å². The lowest BCUT2D eigenvalue weighted by Crippen LogP contribution is -2.15. The molecule has 0 bridgehead atoms. The molecule has 0 aliphatic heterocycles. The van der Waals surface area contributed by atoms with Crippen molar-refractivity contribution in [3.63, 3.8) is 0 Å². The molecule has 2 aromatic heterocycles. The van der Waals surface area contributed by atoms with Gasteiger partial charge in [-0.1, -0.05) is 30.0 Å². The predicted molar refractivity (Wildman–Crippen MR) is 102 cm³/mol. The molecule has 1 amide bonds. The Balaban J connectivity index is 1.68. The van der Waals surface area contributed by atoms with Gasteiger partial charge in [0.05, 0.1) is 17.0 Å².